The molecule has 0 aromatic carbocycles. The van der Waals surface area contributed by atoms with Gasteiger partial charge >= 0.3 is 7.82 Å². The van der Waals surface area contributed by atoms with E-state index in [1.54, 1.807) is 0 Å². The first-order chi connectivity index (χ1) is 2.00. The van der Waals surface area contributed by atoms with Crippen LogP contribution in [0.5, 0.6) is 0 Å². The Morgan fingerprint density at radius 1 is 1.14 bits per heavy atom. The Morgan fingerprint density at radius 3 is 1.14 bits per heavy atom. The van der Waals surface area contributed by atoms with Gasteiger partial charge in [-0.3, -0.25) is 0 Å². The molecule has 6 heteroatoms. The fourth-order valence-corrected chi connectivity index (χ4v) is 0. The molecule has 3 N–H and O–H groups in total. The Hall–Kier alpha value is 0.993. The summed E-state index contributed by atoms with van der Waals surface area (Å²) in [4.78, 5) is 21.6. The molecule has 0 bridgehead atoms. The molecule has 0 atom stereocenters. The van der Waals surface area contributed by atoms with E-state index in [-0.39, 0.29) is 33.6 Å². The van der Waals surface area contributed by atoms with Crippen molar-refractivity contribution in [2.24, 2.45) is 0 Å². The van der Waals surface area contributed by atoms with E-state index in [2.05, 4.69) is 0 Å². The van der Waals surface area contributed by atoms with E-state index < -0.39 is 7.82 Å². The fraction of sp³-hybridized carbons (Fsp3) is 1.00. The Balaban J connectivity index is -0.0000000800. The maximum Gasteiger partial charge on any atom is 0.466 e. The Bertz CT molecular complexity index is 57.8. The molecule has 7 heavy (non-hydrogen) atoms. The molecule has 0 spiro atoms. The average molecular weight is 205 g/mol. The van der Waals surface area contributed by atoms with E-state index in [0.29, 0.717) is 0 Å². The second kappa shape index (κ2) is 5.14. The summed E-state index contributed by atoms with van der Waals surface area (Å²) < 4.78 is 8.88. The van der Waals surface area contributed by atoms with E-state index in [9.17, 15) is 0 Å². The van der Waals surface area contributed by atoms with Crippen molar-refractivity contribution in [1.29, 1.82) is 0 Å². The maximum absolute atomic E-state index is 8.88. The van der Waals surface area contributed by atoms with Gasteiger partial charge in [-0.2, -0.15) is 0 Å². The van der Waals surface area contributed by atoms with Gasteiger partial charge in [-0.25, -0.2) is 4.57 Å². The predicted molar refractivity (Wildman–Crippen MR) is 21.0 cm³/mol. The van der Waals surface area contributed by atoms with Crippen LogP contribution in [0.1, 0.15) is 7.43 Å². The summed E-state index contributed by atoms with van der Waals surface area (Å²) in [7, 11) is -4.64. The molecule has 0 aliphatic rings. The summed E-state index contributed by atoms with van der Waals surface area (Å²) in [5.74, 6) is 0. The van der Waals surface area contributed by atoms with Crippen LogP contribution in [0, 0.1) is 0 Å². The molecule has 0 aromatic heterocycles. The molecular formula is CH7O4PZr. The van der Waals surface area contributed by atoms with Crippen molar-refractivity contribution < 1.29 is 45.4 Å². The van der Waals surface area contributed by atoms with Gasteiger partial charge in [0.25, 0.3) is 0 Å². The third-order valence-corrected chi connectivity index (χ3v) is 0. The summed E-state index contributed by atoms with van der Waals surface area (Å²) in [5, 5.41) is 0. The van der Waals surface area contributed by atoms with Crippen molar-refractivity contribution in [3.8, 4) is 0 Å². The smallest absolute Gasteiger partial charge is 0.303 e. The quantitative estimate of drug-likeness (QED) is 0.475. The summed E-state index contributed by atoms with van der Waals surface area (Å²) >= 11 is 0. The van der Waals surface area contributed by atoms with E-state index in [0.717, 1.165) is 0 Å². The molecule has 0 radical (unpaired) electrons. The van der Waals surface area contributed by atoms with Crippen molar-refractivity contribution in [1.82, 2.24) is 0 Å². The molecule has 0 aromatic rings. The minimum absolute atomic E-state index is 0. The van der Waals surface area contributed by atoms with Gasteiger partial charge in [0.1, 0.15) is 0 Å². The first-order valence-electron chi connectivity index (χ1n) is 0.783. The van der Waals surface area contributed by atoms with E-state index >= 15 is 0 Å². The molecule has 0 saturated carbocycles. The zero-order valence-corrected chi connectivity index (χ0v) is 6.05. The summed E-state index contributed by atoms with van der Waals surface area (Å²) in [6, 6.07) is 0. The fourth-order valence-electron chi connectivity index (χ4n) is 0. The van der Waals surface area contributed by atoms with Gasteiger partial charge in [0.05, 0.1) is 0 Å². The molecule has 0 fully saturated rings. The molecule has 0 aliphatic heterocycles. The van der Waals surface area contributed by atoms with Crippen LogP contribution in [-0.4, -0.2) is 14.7 Å². The summed E-state index contributed by atoms with van der Waals surface area (Å²) in [6.07, 6.45) is 0. The van der Waals surface area contributed by atoms with Crippen molar-refractivity contribution in [2.45, 2.75) is 7.43 Å². The van der Waals surface area contributed by atoms with Crippen LogP contribution in [0.15, 0.2) is 0 Å². The van der Waals surface area contributed by atoms with Crippen molar-refractivity contribution >= 4 is 7.82 Å². The molecule has 0 aliphatic carbocycles. The van der Waals surface area contributed by atoms with Gasteiger partial charge in [-0.15, -0.1) is 0 Å². The van der Waals surface area contributed by atoms with Gasteiger partial charge < -0.3 is 14.7 Å². The maximum atomic E-state index is 8.88. The van der Waals surface area contributed by atoms with Crippen molar-refractivity contribution in [3.63, 3.8) is 0 Å². The second-order valence-corrected chi connectivity index (χ2v) is 1.54. The molecule has 0 amide bonds. The zero-order chi connectivity index (χ0) is 4.50. The predicted octanol–water partition coefficient (Wildman–Crippen LogP) is -0.295. The molecule has 0 saturated heterocycles. The van der Waals surface area contributed by atoms with E-state index in [4.69, 9.17) is 19.2 Å². The SMILES string of the molecule is C.O=P(O)(O)O.[Zr]. The topological polar surface area (TPSA) is 77.8 Å². The van der Waals surface area contributed by atoms with Crippen LogP contribution in [0.3, 0.4) is 0 Å². The van der Waals surface area contributed by atoms with Crippen LogP contribution in [0.2, 0.25) is 0 Å². The third kappa shape index (κ3) is 177. The minimum Gasteiger partial charge on any atom is -0.303 e. The Labute approximate surface area is 60.9 Å². The van der Waals surface area contributed by atoms with E-state index in [1.807, 2.05) is 0 Å². The van der Waals surface area contributed by atoms with Gasteiger partial charge in [-0.1, -0.05) is 7.43 Å². The van der Waals surface area contributed by atoms with Gasteiger partial charge in [-0.05, 0) is 0 Å². The molecule has 44 valence electrons. The number of rotatable bonds is 0. The van der Waals surface area contributed by atoms with Crippen LogP contribution >= 0.6 is 7.82 Å². The third-order valence-electron chi connectivity index (χ3n) is 0. The zero-order valence-electron chi connectivity index (χ0n) is 2.70. The molecule has 0 heterocycles. The van der Waals surface area contributed by atoms with Crippen LogP contribution in [0.25, 0.3) is 0 Å². The monoisotopic (exact) mass is 204 g/mol. The summed E-state index contributed by atoms with van der Waals surface area (Å²) in [5.41, 5.74) is 0. The standard InChI is InChI=1S/CH4.H3O4P.Zr/c;1-5(2,3)4;/h1H4;(H3,1,2,3,4);. The van der Waals surface area contributed by atoms with Gasteiger partial charge in [0.15, 0.2) is 0 Å². The molecule has 4 nitrogen and oxygen atoms in total. The van der Waals surface area contributed by atoms with Gasteiger partial charge in [0, 0.05) is 26.2 Å². The van der Waals surface area contributed by atoms with Crippen LogP contribution in [-0.2, 0) is 30.8 Å². The van der Waals surface area contributed by atoms with Crippen molar-refractivity contribution in [2.75, 3.05) is 0 Å². The summed E-state index contributed by atoms with van der Waals surface area (Å²) in [6.45, 7) is 0. The van der Waals surface area contributed by atoms with Crippen LogP contribution < -0.4 is 0 Å². The van der Waals surface area contributed by atoms with Crippen molar-refractivity contribution in [3.05, 3.63) is 0 Å². The minimum atomic E-state index is -4.64. The van der Waals surface area contributed by atoms with Gasteiger partial charge in [0.2, 0.25) is 0 Å². The molecular weight excluding hydrogens is 198 g/mol. The average Bonchev–Trinajstić information content (AvgIpc) is 0.722. The number of phosphoric acid groups is 1. The Morgan fingerprint density at radius 2 is 1.14 bits per heavy atom. The second-order valence-electron chi connectivity index (χ2n) is 0.513. The van der Waals surface area contributed by atoms with E-state index in [1.165, 1.54) is 0 Å². The van der Waals surface area contributed by atoms with Crippen LogP contribution in [0.4, 0.5) is 0 Å². The normalized spacial score (nSPS) is 8.43. The number of hydrogen-bond acceptors (Lipinski definition) is 1. The first-order valence-corrected chi connectivity index (χ1v) is 2.35. The largest absolute Gasteiger partial charge is 0.466 e. The first kappa shape index (κ1) is 15.7. The number of hydrogen-bond donors (Lipinski definition) is 3. The Kier molecular flexibility index (Phi) is 11.5. The molecule has 0 rings (SSSR count). The molecule has 0 unspecified atom stereocenters.